The van der Waals surface area contributed by atoms with Gasteiger partial charge in [-0.05, 0) is 43.7 Å². The fourth-order valence-corrected chi connectivity index (χ4v) is 3.47. The SMILES string of the molecule is CCN(CC)C(=O)COC(=O)c1ccccc1SCc1ccc(C#N)cc1. The summed E-state index contributed by atoms with van der Waals surface area (Å²) in [6, 6.07) is 16.6. The van der Waals surface area contributed by atoms with Gasteiger partial charge in [0.15, 0.2) is 6.61 Å². The van der Waals surface area contributed by atoms with Gasteiger partial charge >= 0.3 is 5.97 Å². The number of hydrogen-bond acceptors (Lipinski definition) is 5. The van der Waals surface area contributed by atoms with Crippen molar-refractivity contribution in [1.82, 2.24) is 4.90 Å². The highest BCUT2D eigenvalue weighted by Gasteiger charge is 2.16. The Morgan fingerprint density at radius 1 is 1.07 bits per heavy atom. The van der Waals surface area contributed by atoms with Crippen molar-refractivity contribution in [3.05, 3.63) is 65.2 Å². The van der Waals surface area contributed by atoms with Gasteiger partial charge in [0.05, 0.1) is 17.2 Å². The summed E-state index contributed by atoms with van der Waals surface area (Å²) >= 11 is 1.51. The zero-order chi connectivity index (χ0) is 19.6. The summed E-state index contributed by atoms with van der Waals surface area (Å²) in [5.74, 6) is -0.0384. The van der Waals surface area contributed by atoms with Crippen LogP contribution < -0.4 is 0 Å². The third-order valence-electron chi connectivity index (χ3n) is 4.03. The third-order valence-corrected chi connectivity index (χ3v) is 5.17. The predicted molar refractivity (Wildman–Crippen MR) is 105 cm³/mol. The summed E-state index contributed by atoms with van der Waals surface area (Å²) < 4.78 is 5.22. The maximum atomic E-state index is 12.4. The standard InChI is InChI=1S/C21H22N2O3S/c1-3-23(4-2)20(24)14-26-21(25)18-7-5-6-8-19(18)27-15-17-11-9-16(13-22)10-12-17/h5-12H,3-4,14-15H2,1-2H3. The van der Waals surface area contributed by atoms with E-state index in [4.69, 9.17) is 10.00 Å². The van der Waals surface area contributed by atoms with Crippen LogP contribution in [0.15, 0.2) is 53.4 Å². The van der Waals surface area contributed by atoms with E-state index in [0.29, 0.717) is 30.0 Å². The summed E-state index contributed by atoms with van der Waals surface area (Å²) in [6.07, 6.45) is 0. The van der Waals surface area contributed by atoms with Gasteiger partial charge in [0.1, 0.15) is 0 Å². The smallest absolute Gasteiger partial charge is 0.339 e. The highest BCUT2D eigenvalue weighted by atomic mass is 32.2. The van der Waals surface area contributed by atoms with E-state index >= 15 is 0 Å². The molecule has 0 unspecified atom stereocenters. The lowest BCUT2D eigenvalue weighted by molar-refractivity contribution is -0.134. The van der Waals surface area contributed by atoms with Crippen LogP contribution in [0.2, 0.25) is 0 Å². The van der Waals surface area contributed by atoms with E-state index in [1.54, 1.807) is 29.2 Å². The fraction of sp³-hybridized carbons (Fsp3) is 0.286. The van der Waals surface area contributed by atoms with Crippen molar-refractivity contribution in [1.29, 1.82) is 5.26 Å². The first-order valence-corrected chi connectivity index (χ1v) is 9.73. The minimum atomic E-state index is -0.501. The summed E-state index contributed by atoms with van der Waals surface area (Å²) in [5.41, 5.74) is 2.12. The van der Waals surface area contributed by atoms with E-state index in [1.165, 1.54) is 11.8 Å². The maximum Gasteiger partial charge on any atom is 0.339 e. The molecule has 0 heterocycles. The molecule has 0 aliphatic heterocycles. The summed E-state index contributed by atoms with van der Waals surface area (Å²) in [4.78, 5) is 26.8. The molecule has 0 aliphatic rings. The summed E-state index contributed by atoms with van der Waals surface area (Å²) in [7, 11) is 0. The molecule has 5 nitrogen and oxygen atoms in total. The van der Waals surface area contributed by atoms with Gasteiger partial charge in [-0.1, -0.05) is 24.3 Å². The number of carbonyl (C=O) groups excluding carboxylic acids is 2. The monoisotopic (exact) mass is 382 g/mol. The van der Waals surface area contributed by atoms with Crippen LogP contribution in [0.3, 0.4) is 0 Å². The van der Waals surface area contributed by atoms with Crippen LogP contribution in [0.25, 0.3) is 0 Å². The van der Waals surface area contributed by atoms with E-state index in [1.807, 2.05) is 38.1 Å². The fourth-order valence-electron chi connectivity index (χ4n) is 2.47. The van der Waals surface area contributed by atoms with Crippen molar-refractivity contribution >= 4 is 23.6 Å². The van der Waals surface area contributed by atoms with Gasteiger partial charge in [0.25, 0.3) is 5.91 Å². The Morgan fingerprint density at radius 2 is 1.74 bits per heavy atom. The molecule has 1 amide bonds. The Labute approximate surface area is 163 Å². The number of benzene rings is 2. The van der Waals surface area contributed by atoms with E-state index in [0.717, 1.165) is 10.5 Å². The van der Waals surface area contributed by atoms with Crippen LogP contribution in [0.5, 0.6) is 0 Å². The topological polar surface area (TPSA) is 70.4 Å². The number of thioether (sulfide) groups is 1. The van der Waals surface area contributed by atoms with Gasteiger partial charge in [0, 0.05) is 23.7 Å². The lowest BCUT2D eigenvalue weighted by Gasteiger charge is -2.18. The number of nitrogens with zero attached hydrogens (tertiary/aromatic N) is 2. The molecule has 0 saturated carbocycles. The average molecular weight is 382 g/mol. The molecule has 2 aromatic carbocycles. The zero-order valence-electron chi connectivity index (χ0n) is 15.5. The highest BCUT2D eigenvalue weighted by molar-refractivity contribution is 7.98. The Bertz CT molecular complexity index is 824. The molecule has 2 rings (SSSR count). The number of amides is 1. The van der Waals surface area contributed by atoms with Crippen LogP contribution in [0.4, 0.5) is 0 Å². The lowest BCUT2D eigenvalue weighted by atomic mass is 10.2. The van der Waals surface area contributed by atoms with Gasteiger partial charge in [-0.25, -0.2) is 4.79 Å². The number of esters is 1. The van der Waals surface area contributed by atoms with Gasteiger partial charge in [-0.2, -0.15) is 5.26 Å². The number of likely N-dealkylation sites (N-methyl/N-ethyl adjacent to an activating group) is 1. The maximum absolute atomic E-state index is 12.4. The van der Waals surface area contributed by atoms with E-state index in [2.05, 4.69) is 6.07 Å². The van der Waals surface area contributed by atoms with Crippen LogP contribution >= 0.6 is 11.8 Å². The molecule has 0 N–H and O–H groups in total. The first-order chi connectivity index (χ1) is 13.1. The molecule has 0 saturated heterocycles. The summed E-state index contributed by atoms with van der Waals surface area (Å²) in [5, 5.41) is 8.86. The molecular weight excluding hydrogens is 360 g/mol. The minimum absolute atomic E-state index is 0.198. The average Bonchev–Trinajstić information content (AvgIpc) is 2.72. The van der Waals surface area contributed by atoms with E-state index in [-0.39, 0.29) is 12.5 Å². The normalized spacial score (nSPS) is 10.1. The first-order valence-electron chi connectivity index (χ1n) is 8.74. The number of nitriles is 1. The van der Waals surface area contributed by atoms with Crippen molar-refractivity contribution in [2.24, 2.45) is 0 Å². The molecule has 0 aromatic heterocycles. The molecular formula is C21H22N2O3S. The van der Waals surface area contributed by atoms with Crippen molar-refractivity contribution in [2.45, 2.75) is 24.5 Å². The second kappa shape index (κ2) is 10.4. The third kappa shape index (κ3) is 5.87. The Balaban J connectivity index is 2.00. The van der Waals surface area contributed by atoms with Crippen LogP contribution in [0, 0.1) is 11.3 Å². The highest BCUT2D eigenvalue weighted by Crippen LogP contribution is 2.27. The summed E-state index contributed by atoms with van der Waals surface area (Å²) in [6.45, 7) is 4.69. The zero-order valence-corrected chi connectivity index (χ0v) is 16.3. The minimum Gasteiger partial charge on any atom is -0.452 e. The molecule has 0 fully saturated rings. The van der Waals surface area contributed by atoms with Crippen molar-refractivity contribution in [3.8, 4) is 6.07 Å². The second-order valence-electron chi connectivity index (χ2n) is 5.74. The number of rotatable bonds is 8. The lowest BCUT2D eigenvalue weighted by Crippen LogP contribution is -2.34. The Kier molecular flexibility index (Phi) is 7.90. The van der Waals surface area contributed by atoms with Crippen molar-refractivity contribution < 1.29 is 14.3 Å². The molecule has 0 spiro atoms. The first kappa shape index (κ1) is 20.5. The molecule has 2 aromatic rings. The molecule has 0 aliphatic carbocycles. The molecule has 0 atom stereocenters. The Morgan fingerprint density at radius 3 is 2.37 bits per heavy atom. The molecule has 140 valence electrons. The Hall–Kier alpha value is -2.78. The largest absolute Gasteiger partial charge is 0.452 e. The van der Waals surface area contributed by atoms with Crippen LogP contribution in [-0.2, 0) is 15.3 Å². The molecule has 0 bridgehead atoms. The molecule has 27 heavy (non-hydrogen) atoms. The van der Waals surface area contributed by atoms with E-state index in [9.17, 15) is 9.59 Å². The second-order valence-corrected chi connectivity index (χ2v) is 6.75. The number of carbonyl (C=O) groups is 2. The van der Waals surface area contributed by atoms with Crippen molar-refractivity contribution in [2.75, 3.05) is 19.7 Å². The molecule has 6 heteroatoms. The number of ether oxygens (including phenoxy) is 1. The van der Waals surface area contributed by atoms with Crippen LogP contribution in [-0.4, -0.2) is 36.5 Å². The van der Waals surface area contributed by atoms with Gasteiger partial charge in [-0.3, -0.25) is 4.79 Å². The quantitative estimate of drug-likeness (QED) is 0.512. The predicted octanol–water partition coefficient (Wildman–Crippen LogP) is 3.88. The van der Waals surface area contributed by atoms with Gasteiger partial charge in [-0.15, -0.1) is 11.8 Å². The van der Waals surface area contributed by atoms with E-state index < -0.39 is 5.97 Å². The van der Waals surface area contributed by atoms with Crippen LogP contribution in [0.1, 0.15) is 35.3 Å². The van der Waals surface area contributed by atoms with Crippen molar-refractivity contribution in [3.63, 3.8) is 0 Å². The van der Waals surface area contributed by atoms with Gasteiger partial charge in [0.2, 0.25) is 0 Å². The molecule has 0 radical (unpaired) electrons. The van der Waals surface area contributed by atoms with Gasteiger partial charge < -0.3 is 9.64 Å². The number of hydrogen-bond donors (Lipinski definition) is 0.